The van der Waals surface area contributed by atoms with Gasteiger partial charge in [-0.05, 0) is 56.3 Å². The molecule has 0 amide bonds. The van der Waals surface area contributed by atoms with Crippen molar-refractivity contribution < 1.29 is 0 Å². The number of aromatic nitrogens is 4. The van der Waals surface area contributed by atoms with Crippen LogP contribution in [0, 0.1) is 12.8 Å². The predicted octanol–water partition coefficient (Wildman–Crippen LogP) is 3.25. The zero-order valence-corrected chi connectivity index (χ0v) is 16.7. The molecule has 26 heavy (non-hydrogen) atoms. The molecule has 0 saturated carbocycles. The average Bonchev–Trinajstić information content (AvgIpc) is 3.21. The summed E-state index contributed by atoms with van der Waals surface area (Å²) in [6, 6.07) is 2.55. The molecule has 3 aromatic rings. The number of nitrogens with zero attached hydrogens (tertiary/aromatic N) is 6. The second-order valence-electron chi connectivity index (χ2n) is 7.38. The quantitative estimate of drug-likeness (QED) is 0.706. The van der Waals surface area contributed by atoms with E-state index in [-0.39, 0.29) is 0 Å². The smallest absolute Gasteiger partial charge is 0.140 e. The van der Waals surface area contributed by atoms with Crippen LogP contribution < -0.4 is 4.90 Å². The molecule has 4 heterocycles. The first kappa shape index (κ1) is 17.4. The minimum atomic E-state index is 0.389. The highest BCUT2D eigenvalue weighted by atomic mass is 32.1. The summed E-state index contributed by atoms with van der Waals surface area (Å²) in [6.45, 7) is 4.26. The van der Waals surface area contributed by atoms with Crippen molar-refractivity contribution in [3.05, 3.63) is 35.2 Å². The molecule has 1 aliphatic rings. The number of aryl methyl sites for hydroxylation is 2. The first-order chi connectivity index (χ1) is 12.6. The van der Waals surface area contributed by atoms with Crippen LogP contribution in [0.5, 0.6) is 0 Å². The molecule has 3 aromatic heterocycles. The van der Waals surface area contributed by atoms with Gasteiger partial charge in [0.15, 0.2) is 0 Å². The average molecular weight is 371 g/mol. The van der Waals surface area contributed by atoms with E-state index in [1.54, 1.807) is 17.7 Å². The van der Waals surface area contributed by atoms with E-state index in [4.69, 9.17) is 0 Å². The Bertz CT molecular complexity index is 900. The number of piperidine rings is 1. The molecule has 0 aromatic carbocycles. The fourth-order valence-electron chi connectivity index (χ4n) is 4.32. The molecule has 0 bridgehead atoms. The molecule has 0 aliphatic carbocycles. The van der Waals surface area contributed by atoms with Crippen molar-refractivity contribution in [2.24, 2.45) is 13.0 Å². The summed E-state index contributed by atoms with van der Waals surface area (Å²) < 4.78 is 2.02. The van der Waals surface area contributed by atoms with E-state index in [1.807, 2.05) is 17.9 Å². The molecule has 0 spiro atoms. The first-order valence-electron chi connectivity index (χ1n) is 9.14. The van der Waals surface area contributed by atoms with E-state index in [9.17, 15) is 0 Å². The second kappa shape index (κ2) is 6.96. The first-order valence-corrected chi connectivity index (χ1v) is 10.0. The third-order valence-corrected chi connectivity index (χ3v) is 6.58. The second-order valence-corrected chi connectivity index (χ2v) is 8.24. The third-order valence-electron chi connectivity index (χ3n) is 5.57. The van der Waals surface area contributed by atoms with Gasteiger partial charge in [-0.25, -0.2) is 9.97 Å². The number of hydrogen-bond acceptors (Lipinski definition) is 6. The van der Waals surface area contributed by atoms with Crippen molar-refractivity contribution >= 4 is 27.4 Å². The zero-order valence-electron chi connectivity index (χ0n) is 15.9. The molecule has 1 aliphatic heterocycles. The van der Waals surface area contributed by atoms with Crippen molar-refractivity contribution in [3.8, 4) is 0 Å². The number of thiophene rings is 1. The van der Waals surface area contributed by atoms with Gasteiger partial charge in [0.25, 0.3) is 0 Å². The lowest BCUT2D eigenvalue weighted by atomic mass is 9.87. The van der Waals surface area contributed by atoms with E-state index < -0.39 is 0 Å². The lowest BCUT2D eigenvalue weighted by Gasteiger charge is -2.41. The standard InChI is InChI=1S/C19H26N6S/c1-13-11-26-19-16(13)18(20-12-21-19)24(3)10-14-6-5-9-23(2)17(14)15-7-8-22-25(15)4/h7-8,11-12,14,17H,5-6,9-10H2,1-4H3/t14-,17+/m0/s1. The molecule has 4 rings (SSSR count). The normalized spacial score (nSPS) is 21.4. The predicted molar refractivity (Wildman–Crippen MR) is 107 cm³/mol. The van der Waals surface area contributed by atoms with E-state index in [2.05, 4.69) is 57.3 Å². The molecule has 1 fully saturated rings. The molecular weight excluding hydrogens is 344 g/mol. The Hall–Kier alpha value is -1.99. The molecular formula is C19H26N6S. The lowest BCUT2D eigenvalue weighted by molar-refractivity contribution is 0.118. The molecule has 0 N–H and O–H groups in total. The molecule has 1 saturated heterocycles. The monoisotopic (exact) mass is 370 g/mol. The van der Waals surface area contributed by atoms with Crippen LogP contribution in [-0.4, -0.2) is 51.8 Å². The summed E-state index contributed by atoms with van der Waals surface area (Å²) in [5, 5.41) is 7.77. The Kier molecular flexibility index (Phi) is 4.67. The highest BCUT2D eigenvalue weighted by molar-refractivity contribution is 7.17. The minimum Gasteiger partial charge on any atom is -0.359 e. The van der Waals surface area contributed by atoms with Gasteiger partial charge >= 0.3 is 0 Å². The summed E-state index contributed by atoms with van der Waals surface area (Å²) in [6.07, 6.45) is 6.05. The van der Waals surface area contributed by atoms with Gasteiger partial charge in [0, 0.05) is 26.8 Å². The van der Waals surface area contributed by atoms with E-state index >= 15 is 0 Å². The summed E-state index contributed by atoms with van der Waals surface area (Å²) in [7, 11) is 6.44. The fraction of sp³-hybridized carbons (Fsp3) is 0.526. The number of hydrogen-bond donors (Lipinski definition) is 0. The van der Waals surface area contributed by atoms with Gasteiger partial charge in [0.1, 0.15) is 17.0 Å². The maximum Gasteiger partial charge on any atom is 0.140 e. The van der Waals surface area contributed by atoms with Gasteiger partial charge in [-0.2, -0.15) is 5.10 Å². The molecule has 0 unspecified atom stereocenters. The van der Waals surface area contributed by atoms with Crippen LogP contribution in [0.15, 0.2) is 24.0 Å². The van der Waals surface area contributed by atoms with Gasteiger partial charge in [0.2, 0.25) is 0 Å². The Morgan fingerprint density at radius 1 is 1.31 bits per heavy atom. The van der Waals surface area contributed by atoms with Crippen LogP contribution >= 0.6 is 11.3 Å². The Morgan fingerprint density at radius 2 is 2.15 bits per heavy atom. The number of likely N-dealkylation sites (tertiary alicyclic amines) is 1. The number of anilines is 1. The number of fused-ring (bicyclic) bond motifs is 1. The minimum absolute atomic E-state index is 0.389. The van der Waals surface area contributed by atoms with Gasteiger partial charge < -0.3 is 4.90 Å². The zero-order chi connectivity index (χ0) is 18.3. The topological polar surface area (TPSA) is 50.1 Å². The maximum absolute atomic E-state index is 4.62. The van der Waals surface area contributed by atoms with Crippen molar-refractivity contribution in [2.75, 3.05) is 32.1 Å². The Morgan fingerprint density at radius 3 is 2.92 bits per heavy atom. The van der Waals surface area contributed by atoms with Crippen LogP contribution in [0.1, 0.15) is 30.1 Å². The molecule has 6 nitrogen and oxygen atoms in total. The summed E-state index contributed by atoms with van der Waals surface area (Å²) >= 11 is 1.69. The molecule has 0 radical (unpaired) electrons. The van der Waals surface area contributed by atoms with Crippen LogP contribution in [0.25, 0.3) is 10.2 Å². The third kappa shape index (κ3) is 2.99. The van der Waals surface area contributed by atoms with E-state index in [0.717, 1.165) is 23.7 Å². The maximum atomic E-state index is 4.62. The van der Waals surface area contributed by atoms with Crippen molar-refractivity contribution in [2.45, 2.75) is 25.8 Å². The van der Waals surface area contributed by atoms with Crippen molar-refractivity contribution in [3.63, 3.8) is 0 Å². The SMILES string of the molecule is Cc1csc2ncnc(N(C)C[C@@H]3CCCN(C)[C@H]3c3ccnn3C)c12. The largest absolute Gasteiger partial charge is 0.359 e. The van der Waals surface area contributed by atoms with Crippen LogP contribution in [0.2, 0.25) is 0 Å². The summed E-state index contributed by atoms with van der Waals surface area (Å²) in [4.78, 5) is 14.9. The summed E-state index contributed by atoms with van der Waals surface area (Å²) in [5.74, 6) is 1.59. The van der Waals surface area contributed by atoms with E-state index in [0.29, 0.717) is 12.0 Å². The Labute approximate surface area is 158 Å². The van der Waals surface area contributed by atoms with Crippen molar-refractivity contribution in [1.29, 1.82) is 0 Å². The molecule has 138 valence electrons. The number of rotatable bonds is 4. The van der Waals surface area contributed by atoms with Gasteiger partial charge in [0.05, 0.1) is 17.1 Å². The van der Waals surface area contributed by atoms with Crippen LogP contribution in [0.4, 0.5) is 5.82 Å². The van der Waals surface area contributed by atoms with Gasteiger partial charge in [-0.15, -0.1) is 11.3 Å². The van der Waals surface area contributed by atoms with Crippen LogP contribution in [0.3, 0.4) is 0 Å². The highest BCUT2D eigenvalue weighted by Crippen LogP contribution is 2.37. The van der Waals surface area contributed by atoms with E-state index in [1.165, 1.54) is 29.5 Å². The Balaban J connectivity index is 1.64. The van der Waals surface area contributed by atoms with Crippen molar-refractivity contribution in [1.82, 2.24) is 24.6 Å². The lowest BCUT2D eigenvalue weighted by Crippen LogP contribution is -2.42. The molecule has 2 atom stereocenters. The van der Waals surface area contributed by atoms with Crippen LogP contribution in [-0.2, 0) is 7.05 Å². The van der Waals surface area contributed by atoms with Gasteiger partial charge in [-0.3, -0.25) is 9.58 Å². The summed E-state index contributed by atoms with van der Waals surface area (Å²) in [5.41, 5.74) is 2.56. The fourth-order valence-corrected chi connectivity index (χ4v) is 5.20. The highest BCUT2D eigenvalue weighted by Gasteiger charge is 2.33. The van der Waals surface area contributed by atoms with Gasteiger partial charge in [-0.1, -0.05) is 0 Å². The molecule has 7 heteroatoms.